The van der Waals surface area contributed by atoms with Gasteiger partial charge in [-0.1, -0.05) is 52.8 Å². The number of rotatable bonds is 3. The fourth-order valence-corrected chi connectivity index (χ4v) is 5.01. The lowest BCUT2D eigenvalue weighted by molar-refractivity contribution is -0.107. The van der Waals surface area contributed by atoms with E-state index in [1.54, 1.807) is 0 Å². The summed E-state index contributed by atoms with van der Waals surface area (Å²) in [7, 11) is 0. The summed E-state index contributed by atoms with van der Waals surface area (Å²) in [6.07, 6.45) is 1.26. The smallest absolute Gasteiger partial charge is 0.320 e. The minimum atomic E-state index is -0.186. The summed E-state index contributed by atoms with van der Waals surface area (Å²) in [6.45, 7) is 13.6. The van der Waals surface area contributed by atoms with Crippen molar-refractivity contribution in [3.8, 4) is 5.69 Å². The zero-order valence-electron chi connectivity index (χ0n) is 18.2. The number of nitrogens with zero attached hydrogens (tertiary/aromatic N) is 2. The Kier molecular flexibility index (Phi) is 4.73. The predicted molar refractivity (Wildman–Crippen MR) is 115 cm³/mol. The highest BCUT2D eigenvalue weighted by Crippen LogP contribution is 2.52. The molecule has 2 N–H and O–H groups in total. The first kappa shape index (κ1) is 20.0. The number of anilines is 1. The molecule has 6 nitrogen and oxygen atoms in total. The zero-order chi connectivity index (χ0) is 21.0. The number of fused-ring (bicyclic) bond motifs is 1. The van der Waals surface area contributed by atoms with E-state index in [2.05, 4.69) is 45.3 Å². The molecular formula is C23H32N4O2. The van der Waals surface area contributed by atoms with E-state index < -0.39 is 0 Å². The monoisotopic (exact) mass is 396 g/mol. The van der Waals surface area contributed by atoms with Crippen LogP contribution in [0.15, 0.2) is 30.3 Å². The van der Waals surface area contributed by atoms with Crippen molar-refractivity contribution in [3.05, 3.63) is 41.6 Å². The van der Waals surface area contributed by atoms with Gasteiger partial charge >= 0.3 is 6.03 Å². The van der Waals surface area contributed by atoms with Crippen LogP contribution >= 0.6 is 0 Å². The first-order chi connectivity index (χ1) is 13.6. The molecule has 1 aliphatic carbocycles. The van der Waals surface area contributed by atoms with Crippen LogP contribution < -0.4 is 10.6 Å². The Balaban J connectivity index is 1.61. The number of para-hydroxylation sites is 1. The maximum Gasteiger partial charge on any atom is 0.320 e. The number of amides is 2. The number of ether oxygens (including phenoxy) is 1. The topological polar surface area (TPSA) is 68.2 Å². The molecule has 3 atom stereocenters. The Morgan fingerprint density at radius 2 is 1.93 bits per heavy atom. The van der Waals surface area contributed by atoms with Gasteiger partial charge in [0.2, 0.25) is 0 Å². The van der Waals surface area contributed by atoms with Crippen molar-refractivity contribution < 1.29 is 9.53 Å². The Morgan fingerprint density at radius 3 is 2.59 bits per heavy atom. The third kappa shape index (κ3) is 3.33. The van der Waals surface area contributed by atoms with Gasteiger partial charge in [0.1, 0.15) is 5.82 Å². The van der Waals surface area contributed by atoms with E-state index in [4.69, 9.17) is 9.84 Å². The summed E-state index contributed by atoms with van der Waals surface area (Å²) in [6, 6.07) is 9.85. The van der Waals surface area contributed by atoms with Gasteiger partial charge in [0.15, 0.2) is 0 Å². The normalized spacial score (nSPS) is 25.2. The third-order valence-corrected chi connectivity index (χ3v) is 6.45. The lowest BCUT2D eigenvalue weighted by Crippen LogP contribution is -2.67. The summed E-state index contributed by atoms with van der Waals surface area (Å²) in [4.78, 5) is 13.0. The summed E-state index contributed by atoms with van der Waals surface area (Å²) in [5.41, 5.74) is 2.72. The highest BCUT2D eigenvalue weighted by Gasteiger charge is 2.59. The number of hydrogen-bond donors (Lipinski definition) is 2. The van der Waals surface area contributed by atoms with E-state index in [9.17, 15) is 4.79 Å². The van der Waals surface area contributed by atoms with Crippen LogP contribution in [-0.4, -0.2) is 34.6 Å². The number of carbonyl (C=O) groups excluding carboxylic acids is 1. The Hall–Kier alpha value is -2.34. The second kappa shape index (κ2) is 6.87. The van der Waals surface area contributed by atoms with E-state index in [-0.39, 0.29) is 29.0 Å². The maximum absolute atomic E-state index is 13.0. The van der Waals surface area contributed by atoms with E-state index in [1.807, 2.05) is 41.9 Å². The van der Waals surface area contributed by atoms with Gasteiger partial charge in [0.05, 0.1) is 17.5 Å². The molecule has 1 saturated heterocycles. The first-order valence-corrected chi connectivity index (χ1v) is 10.5. The predicted octanol–water partition coefficient (Wildman–Crippen LogP) is 4.41. The molecular weight excluding hydrogens is 364 g/mol. The molecule has 2 amide bonds. The SMILES string of the molecule is Cc1c(C(C)(C)C)nn(-c2ccccc2)c1NC(=O)N[C@@H]1[C@H]2CCO[C@@H]2C1(C)C. The quantitative estimate of drug-likeness (QED) is 0.807. The molecule has 6 heteroatoms. The molecule has 1 aliphatic heterocycles. The van der Waals surface area contributed by atoms with Gasteiger partial charge in [-0.05, 0) is 25.5 Å². The highest BCUT2D eigenvalue weighted by atomic mass is 16.5. The molecule has 2 aromatic rings. The van der Waals surface area contributed by atoms with Crippen molar-refractivity contribution in [1.82, 2.24) is 15.1 Å². The number of hydrogen-bond acceptors (Lipinski definition) is 3. The molecule has 4 rings (SSSR count). The van der Waals surface area contributed by atoms with Gasteiger partial charge in [-0.3, -0.25) is 5.32 Å². The van der Waals surface area contributed by atoms with Crippen LogP contribution in [0.3, 0.4) is 0 Å². The fourth-order valence-electron chi connectivity index (χ4n) is 5.01. The third-order valence-electron chi connectivity index (χ3n) is 6.45. The molecule has 1 aromatic heterocycles. The second-order valence-electron chi connectivity index (χ2n) is 9.96. The molecule has 0 radical (unpaired) electrons. The Bertz CT molecular complexity index is 911. The van der Waals surface area contributed by atoms with Gasteiger partial charge in [0, 0.05) is 35.0 Å². The van der Waals surface area contributed by atoms with Gasteiger partial charge in [-0.2, -0.15) is 5.10 Å². The minimum absolute atomic E-state index is 0.0518. The molecule has 2 aliphatic rings. The first-order valence-electron chi connectivity index (χ1n) is 10.5. The van der Waals surface area contributed by atoms with Gasteiger partial charge in [-0.25, -0.2) is 9.48 Å². The van der Waals surface area contributed by atoms with Crippen LogP contribution in [0.4, 0.5) is 10.6 Å². The fraction of sp³-hybridized carbons (Fsp3) is 0.565. The van der Waals surface area contributed by atoms with Crippen molar-refractivity contribution >= 4 is 11.8 Å². The van der Waals surface area contributed by atoms with Crippen LogP contribution in [-0.2, 0) is 10.2 Å². The summed E-state index contributed by atoms with van der Waals surface area (Å²) in [5, 5.41) is 11.2. The molecule has 156 valence electrons. The number of aromatic nitrogens is 2. The van der Waals surface area contributed by atoms with Crippen molar-refractivity contribution in [1.29, 1.82) is 0 Å². The number of urea groups is 1. The molecule has 0 spiro atoms. The van der Waals surface area contributed by atoms with Crippen LogP contribution in [0.1, 0.15) is 52.3 Å². The Labute approximate surface area is 173 Å². The Morgan fingerprint density at radius 1 is 1.24 bits per heavy atom. The molecule has 29 heavy (non-hydrogen) atoms. The van der Waals surface area contributed by atoms with Crippen molar-refractivity contribution in [2.75, 3.05) is 11.9 Å². The second-order valence-corrected chi connectivity index (χ2v) is 9.96. The molecule has 1 aromatic carbocycles. The standard InChI is InChI=1S/C23H32N4O2/c1-14-17(22(2,3)4)26-27(15-10-8-7-9-11-15)20(14)25-21(28)24-18-16-12-13-29-19(16)23(18,5)6/h7-11,16,18-19H,12-13H2,1-6H3,(H2,24,25,28)/t16-,18-,19+/m1/s1. The summed E-state index contributed by atoms with van der Waals surface area (Å²) >= 11 is 0. The number of nitrogens with one attached hydrogen (secondary N) is 2. The average molecular weight is 397 g/mol. The van der Waals surface area contributed by atoms with E-state index in [0.29, 0.717) is 5.92 Å². The average Bonchev–Trinajstić information content (AvgIpc) is 3.24. The lowest BCUT2D eigenvalue weighted by atomic mass is 9.57. The molecule has 0 bridgehead atoms. The lowest BCUT2D eigenvalue weighted by Gasteiger charge is -2.54. The maximum atomic E-state index is 13.0. The minimum Gasteiger partial charge on any atom is -0.377 e. The molecule has 0 unspecified atom stereocenters. The number of carbonyl (C=O) groups is 1. The van der Waals surface area contributed by atoms with E-state index >= 15 is 0 Å². The van der Waals surface area contributed by atoms with Crippen molar-refractivity contribution in [2.24, 2.45) is 11.3 Å². The highest BCUT2D eigenvalue weighted by molar-refractivity contribution is 5.90. The van der Waals surface area contributed by atoms with E-state index in [0.717, 1.165) is 35.8 Å². The molecule has 2 fully saturated rings. The van der Waals surface area contributed by atoms with Gasteiger partial charge < -0.3 is 10.1 Å². The van der Waals surface area contributed by atoms with Crippen molar-refractivity contribution in [2.45, 2.75) is 65.5 Å². The largest absolute Gasteiger partial charge is 0.377 e. The summed E-state index contributed by atoms with van der Waals surface area (Å²) in [5.74, 6) is 1.12. The van der Waals surface area contributed by atoms with Crippen LogP contribution in [0.5, 0.6) is 0 Å². The molecule has 1 saturated carbocycles. The van der Waals surface area contributed by atoms with Crippen LogP contribution in [0.2, 0.25) is 0 Å². The van der Waals surface area contributed by atoms with E-state index in [1.165, 1.54) is 0 Å². The summed E-state index contributed by atoms with van der Waals surface area (Å²) < 4.78 is 7.68. The zero-order valence-corrected chi connectivity index (χ0v) is 18.2. The number of benzene rings is 1. The van der Waals surface area contributed by atoms with Crippen molar-refractivity contribution in [3.63, 3.8) is 0 Å². The molecule has 2 heterocycles. The van der Waals surface area contributed by atoms with Gasteiger partial charge in [0.25, 0.3) is 0 Å². The van der Waals surface area contributed by atoms with Crippen LogP contribution in [0, 0.1) is 18.3 Å². The van der Waals surface area contributed by atoms with Gasteiger partial charge in [-0.15, -0.1) is 0 Å². The van der Waals surface area contributed by atoms with Crippen LogP contribution in [0.25, 0.3) is 5.69 Å².